The van der Waals surface area contributed by atoms with Gasteiger partial charge in [-0.25, -0.2) is 0 Å². The zero-order valence-corrected chi connectivity index (χ0v) is 13.3. The molecule has 1 fully saturated rings. The van der Waals surface area contributed by atoms with Crippen LogP contribution in [0, 0.1) is 5.92 Å². The molecular formula is C15H19BrClNO. The summed E-state index contributed by atoms with van der Waals surface area (Å²) in [7, 11) is 0. The van der Waals surface area contributed by atoms with Crippen LogP contribution in [-0.4, -0.2) is 12.5 Å². The van der Waals surface area contributed by atoms with Crippen molar-refractivity contribution in [2.45, 2.75) is 38.5 Å². The Labute approximate surface area is 128 Å². The second-order valence-electron chi connectivity index (χ2n) is 5.17. The Morgan fingerprint density at radius 1 is 1.37 bits per heavy atom. The van der Waals surface area contributed by atoms with Crippen LogP contribution >= 0.6 is 27.5 Å². The van der Waals surface area contributed by atoms with Crippen molar-refractivity contribution in [3.05, 3.63) is 33.3 Å². The lowest BCUT2D eigenvalue weighted by Gasteiger charge is -2.10. The van der Waals surface area contributed by atoms with Crippen molar-refractivity contribution in [2.24, 2.45) is 5.92 Å². The fraction of sp³-hybridized carbons (Fsp3) is 0.533. The molecule has 0 heterocycles. The molecule has 0 bridgehead atoms. The first-order valence-electron chi connectivity index (χ1n) is 6.90. The van der Waals surface area contributed by atoms with E-state index in [-0.39, 0.29) is 5.91 Å². The van der Waals surface area contributed by atoms with E-state index in [1.54, 1.807) is 18.2 Å². The van der Waals surface area contributed by atoms with Crippen LogP contribution in [0.2, 0.25) is 5.02 Å². The Morgan fingerprint density at radius 2 is 2.11 bits per heavy atom. The van der Waals surface area contributed by atoms with E-state index < -0.39 is 0 Å². The molecule has 1 aromatic rings. The largest absolute Gasteiger partial charge is 0.352 e. The minimum Gasteiger partial charge on any atom is -0.352 e. The van der Waals surface area contributed by atoms with Gasteiger partial charge in [-0.05, 0) is 52.9 Å². The predicted octanol–water partition coefficient (Wildman–Crippen LogP) is 4.80. The summed E-state index contributed by atoms with van der Waals surface area (Å²) in [5.74, 6) is 0.829. The van der Waals surface area contributed by atoms with Crippen molar-refractivity contribution >= 4 is 33.4 Å². The number of halogens is 2. The van der Waals surface area contributed by atoms with Crippen molar-refractivity contribution < 1.29 is 4.79 Å². The second kappa shape index (κ2) is 7.30. The first-order valence-corrected chi connectivity index (χ1v) is 8.07. The maximum Gasteiger partial charge on any atom is 0.252 e. The second-order valence-corrected chi connectivity index (χ2v) is 6.46. The molecule has 2 rings (SSSR count). The molecule has 1 aliphatic carbocycles. The third kappa shape index (κ3) is 4.50. The van der Waals surface area contributed by atoms with Crippen LogP contribution in [0.15, 0.2) is 22.7 Å². The average molecular weight is 345 g/mol. The van der Waals surface area contributed by atoms with Gasteiger partial charge >= 0.3 is 0 Å². The zero-order chi connectivity index (χ0) is 13.7. The molecule has 2 nitrogen and oxygen atoms in total. The highest BCUT2D eigenvalue weighted by Crippen LogP contribution is 2.28. The third-order valence-electron chi connectivity index (χ3n) is 3.72. The number of carbonyl (C=O) groups excluding carboxylic acids is 1. The molecule has 1 saturated carbocycles. The summed E-state index contributed by atoms with van der Waals surface area (Å²) in [5, 5.41) is 3.55. The van der Waals surface area contributed by atoms with Crippen LogP contribution in [0.5, 0.6) is 0 Å². The summed E-state index contributed by atoms with van der Waals surface area (Å²) >= 11 is 9.28. The van der Waals surface area contributed by atoms with Crippen LogP contribution < -0.4 is 5.32 Å². The summed E-state index contributed by atoms with van der Waals surface area (Å²) in [6.45, 7) is 0.744. The Hall–Kier alpha value is -0.540. The first-order chi connectivity index (χ1) is 9.16. The molecule has 1 aromatic carbocycles. The molecular weight excluding hydrogens is 326 g/mol. The van der Waals surface area contributed by atoms with Gasteiger partial charge in [-0.1, -0.05) is 37.3 Å². The number of hydrogen-bond donors (Lipinski definition) is 1. The summed E-state index contributed by atoms with van der Waals surface area (Å²) < 4.78 is 0.783. The van der Waals surface area contributed by atoms with Gasteiger partial charge in [0.05, 0.1) is 5.56 Å². The highest BCUT2D eigenvalue weighted by Gasteiger charge is 2.15. The summed E-state index contributed by atoms with van der Waals surface area (Å²) in [6.07, 6.45) is 7.80. The quantitative estimate of drug-likeness (QED) is 0.764. The van der Waals surface area contributed by atoms with Crippen molar-refractivity contribution in [2.75, 3.05) is 6.54 Å². The number of benzene rings is 1. The van der Waals surface area contributed by atoms with E-state index in [1.807, 2.05) is 0 Å². The van der Waals surface area contributed by atoms with Gasteiger partial charge in [0.2, 0.25) is 0 Å². The molecule has 19 heavy (non-hydrogen) atoms. The maximum atomic E-state index is 12.0. The van der Waals surface area contributed by atoms with Crippen molar-refractivity contribution in [3.63, 3.8) is 0 Å². The van der Waals surface area contributed by atoms with E-state index >= 15 is 0 Å². The van der Waals surface area contributed by atoms with Gasteiger partial charge in [0, 0.05) is 16.0 Å². The number of hydrogen-bond acceptors (Lipinski definition) is 1. The van der Waals surface area contributed by atoms with E-state index in [4.69, 9.17) is 11.6 Å². The molecule has 1 aliphatic rings. The molecule has 0 aliphatic heterocycles. The maximum absolute atomic E-state index is 12.0. The SMILES string of the molecule is O=C(NCCCC1CCCC1)c1cc(Cl)ccc1Br. The van der Waals surface area contributed by atoms with Crippen LogP contribution in [0.1, 0.15) is 48.9 Å². The molecule has 1 amide bonds. The zero-order valence-electron chi connectivity index (χ0n) is 10.9. The summed E-state index contributed by atoms with van der Waals surface area (Å²) in [6, 6.07) is 5.26. The van der Waals surface area contributed by atoms with E-state index in [0.717, 1.165) is 23.4 Å². The Kier molecular flexibility index (Phi) is 5.71. The van der Waals surface area contributed by atoms with E-state index in [0.29, 0.717) is 10.6 Å². The smallest absolute Gasteiger partial charge is 0.252 e. The number of amides is 1. The molecule has 0 unspecified atom stereocenters. The normalized spacial score (nSPS) is 15.7. The standard InChI is InChI=1S/C15H19BrClNO/c16-14-8-7-12(17)10-13(14)15(19)18-9-3-6-11-4-1-2-5-11/h7-8,10-11H,1-6,9H2,(H,18,19). The van der Waals surface area contributed by atoms with Crippen molar-refractivity contribution in [1.29, 1.82) is 0 Å². The van der Waals surface area contributed by atoms with E-state index in [9.17, 15) is 4.79 Å². The highest BCUT2D eigenvalue weighted by atomic mass is 79.9. The van der Waals surface area contributed by atoms with Crippen LogP contribution in [0.3, 0.4) is 0 Å². The predicted molar refractivity (Wildman–Crippen MR) is 82.7 cm³/mol. The van der Waals surface area contributed by atoms with Gasteiger partial charge in [0.15, 0.2) is 0 Å². The van der Waals surface area contributed by atoms with Crippen molar-refractivity contribution in [3.8, 4) is 0 Å². The van der Waals surface area contributed by atoms with Crippen LogP contribution in [0.4, 0.5) is 0 Å². The number of nitrogens with one attached hydrogen (secondary N) is 1. The molecule has 0 aromatic heterocycles. The Balaban J connectivity index is 1.75. The Bertz CT molecular complexity index is 444. The number of rotatable bonds is 5. The van der Waals surface area contributed by atoms with Gasteiger partial charge in [0.25, 0.3) is 5.91 Å². The molecule has 0 radical (unpaired) electrons. The molecule has 0 spiro atoms. The van der Waals surface area contributed by atoms with E-state index in [1.165, 1.54) is 32.1 Å². The lowest BCUT2D eigenvalue weighted by molar-refractivity contribution is 0.0951. The topological polar surface area (TPSA) is 29.1 Å². The van der Waals surface area contributed by atoms with Crippen molar-refractivity contribution in [1.82, 2.24) is 5.32 Å². The highest BCUT2D eigenvalue weighted by molar-refractivity contribution is 9.10. The van der Waals surface area contributed by atoms with Crippen LogP contribution in [-0.2, 0) is 0 Å². The lowest BCUT2D eigenvalue weighted by Crippen LogP contribution is -2.25. The minimum atomic E-state index is -0.0548. The molecule has 104 valence electrons. The summed E-state index contributed by atoms with van der Waals surface area (Å²) in [5.41, 5.74) is 0.605. The lowest BCUT2D eigenvalue weighted by atomic mass is 10.0. The number of carbonyl (C=O) groups is 1. The summed E-state index contributed by atoms with van der Waals surface area (Å²) in [4.78, 5) is 12.0. The van der Waals surface area contributed by atoms with Gasteiger partial charge in [-0.2, -0.15) is 0 Å². The molecule has 1 N–H and O–H groups in total. The Morgan fingerprint density at radius 3 is 2.84 bits per heavy atom. The molecule has 0 atom stereocenters. The first kappa shape index (κ1) is 14.9. The van der Waals surface area contributed by atoms with E-state index in [2.05, 4.69) is 21.2 Å². The van der Waals surface area contributed by atoms with Gasteiger partial charge in [-0.15, -0.1) is 0 Å². The fourth-order valence-electron chi connectivity index (χ4n) is 2.66. The minimum absolute atomic E-state index is 0.0548. The fourth-order valence-corrected chi connectivity index (χ4v) is 3.26. The molecule has 0 saturated heterocycles. The monoisotopic (exact) mass is 343 g/mol. The van der Waals surface area contributed by atoms with Gasteiger partial charge < -0.3 is 5.32 Å². The van der Waals surface area contributed by atoms with Gasteiger partial charge in [0.1, 0.15) is 0 Å². The average Bonchev–Trinajstić information content (AvgIpc) is 2.90. The third-order valence-corrected chi connectivity index (χ3v) is 4.65. The van der Waals surface area contributed by atoms with Gasteiger partial charge in [-0.3, -0.25) is 4.79 Å². The molecule has 4 heteroatoms. The van der Waals surface area contributed by atoms with Crippen LogP contribution in [0.25, 0.3) is 0 Å².